The van der Waals surface area contributed by atoms with E-state index in [1.807, 2.05) is 13.1 Å². The lowest BCUT2D eigenvalue weighted by molar-refractivity contribution is 0.687. The van der Waals surface area contributed by atoms with E-state index in [1.165, 1.54) is 23.3 Å². The Bertz CT molecular complexity index is 639. The Morgan fingerprint density at radius 2 is 2.24 bits per heavy atom. The lowest BCUT2D eigenvalue weighted by Crippen LogP contribution is -2.18. The van der Waals surface area contributed by atoms with Crippen LogP contribution in [0.1, 0.15) is 28.8 Å². The first kappa shape index (κ1) is 14.1. The van der Waals surface area contributed by atoms with Crippen molar-refractivity contribution in [3.05, 3.63) is 51.7 Å². The molecule has 0 aliphatic heterocycles. The number of anilines is 1. The van der Waals surface area contributed by atoms with Gasteiger partial charge in [0, 0.05) is 24.5 Å². The molecule has 1 aliphatic carbocycles. The Hall–Kier alpha value is -1.83. The Morgan fingerprint density at radius 1 is 1.38 bits per heavy atom. The molecule has 1 aliphatic rings. The van der Waals surface area contributed by atoms with Gasteiger partial charge >= 0.3 is 0 Å². The highest BCUT2D eigenvalue weighted by atomic mass is 32.1. The van der Waals surface area contributed by atoms with E-state index < -0.39 is 0 Å². The number of rotatable bonds is 6. The van der Waals surface area contributed by atoms with E-state index in [1.54, 1.807) is 11.3 Å². The molecule has 0 saturated heterocycles. The number of hydrogen-bond donors (Lipinski definition) is 1. The maximum absolute atomic E-state index is 9.41. The van der Waals surface area contributed by atoms with Crippen LogP contribution < -0.4 is 10.2 Å². The van der Waals surface area contributed by atoms with Crippen LogP contribution in [0.15, 0.2) is 35.7 Å². The lowest BCUT2D eigenvalue weighted by Gasteiger charge is -2.20. The van der Waals surface area contributed by atoms with Crippen molar-refractivity contribution < 1.29 is 0 Å². The number of hydrogen-bond acceptors (Lipinski definition) is 4. The summed E-state index contributed by atoms with van der Waals surface area (Å²) in [6.45, 7) is 1.69. The molecule has 1 heterocycles. The SMILES string of the molecule is CN(Cc1cccs1)c1ccc(CNC2CC2)cc1C#N. The second kappa shape index (κ2) is 6.30. The van der Waals surface area contributed by atoms with Crippen LogP contribution in [0.25, 0.3) is 0 Å². The summed E-state index contributed by atoms with van der Waals surface area (Å²) >= 11 is 1.75. The fourth-order valence-electron chi connectivity index (χ4n) is 2.39. The quantitative estimate of drug-likeness (QED) is 0.887. The van der Waals surface area contributed by atoms with E-state index in [2.05, 4.69) is 45.9 Å². The van der Waals surface area contributed by atoms with Crippen molar-refractivity contribution in [2.75, 3.05) is 11.9 Å². The van der Waals surface area contributed by atoms with Crippen molar-refractivity contribution in [3.63, 3.8) is 0 Å². The molecule has 1 saturated carbocycles. The highest BCUT2D eigenvalue weighted by Gasteiger charge is 2.20. The average molecular weight is 297 g/mol. The standard InChI is InChI=1S/C17H19N3S/c1-20(12-16-3-2-8-21-16)17-7-4-13(9-14(17)10-18)11-19-15-5-6-15/h2-4,7-9,15,19H,5-6,11-12H2,1H3. The zero-order valence-electron chi connectivity index (χ0n) is 12.2. The van der Waals surface area contributed by atoms with Crippen molar-refractivity contribution in [1.29, 1.82) is 5.26 Å². The van der Waals surface area contributed by atoms with Gasteiger partial charge in [-0.3, -0.25) is 0 Å². The van der Waals surface area contributed by atoms with E-state index in [9.17, 15) is 5.26 Å². The molecule has 4 heteroatoms. The zero-order valence-corrected chi connectivity index (χ0v) is 13.0. The van der Waals surface area contributed by atoms with Crippen LogP contribution >= 0.6 is 11.3 Å². The minimum Gasteiger partial charge on any atom is -0.368 e. The Kier molecular flexibility index (Phi) is 4.23. The first-order valence-corrected chi connectivity index (χ1v) is 8.14. The molecule has 1 fully saturated rings. The van der Waals surface area contributed by atoms with E-state index >= 15 is 0 Å². The Morgan fingerprint density at radius 3 is 2.90 bits per heavy atom. The topological polar surface area (TPSA) is 39.1 Å². The molecule has 3 rings (SSSR count). The molecule has 0 radical (unpaired) electrons. The van der Waals surface area contributed by atoms with Gasteiger partial charge in [0.15, 0.2) is 0 Å². The maximum Gasteiger partial charge on any atom is 0.101 e. The van der Waals surface area contributed by atoms with Crippen LogP contribution in [0.3, 0.4) is 0 Å². The molecule has 2 aromatic rings. The predicted octanol–water partition coefficient (Wildman–Crippen LogP) is 3.51. The Balaban J connectivity index is 1.72. The van der Waals surface area contributed by atoms with E-state index in [0.717, 1.165) is 24.3 Å². The van der Waals surface area contributed by atoms with Crippen molar-refractivity contribution in [3.8, 4) is 6.07 Å². The number of nitrogens with zero attached hydrogens (tertiary/aromatic N) is 2. The number of benzene rings is 1. The maximum atomic E-state index is 9.41. The minimum atomic E-state index is 0.691. The molecule has 1 aromatic carbocycles. The van der Waals surface area contributed by atoms with Gasteiger partial charge in [-0.05, 0) is 42.0 Å². The van der Waals surface area contributed by atoms with Gasteiger partial charge in [-0.1, -0.05) is 12.1 Å². The smallest absolute Gasteiger partial charge is 0.101 e. The summed E-state index contributed by atoms with van der Waals surface area (Å²) in [5, 5.41) is 15.0. The Labute approximate surface area is 129 Å². The van der Waals surface area contributed by atoms with Crippen LogP contribution in [-0.2, 0) is 13.1 Å². The van der Waals surface area contributed by atoms with Crippen LogP contribution in [0.4, 0.5) is 5.69 Å². The zero-order chi connectivity index (χ0) is 14.7. The average Bonchev–Trinajstić information content (AvgIpc) is 3.20. The lowest BCUT2D eigenvalue weighted by atomic mass is 10.1. The molecule has 1 aromatic heterocycles. The first-order valence-electron chi connectivity index (χ1n) is 7.26. The third kappa shape index (κ3) is 3.63. The minimum absolute atomic E-state index is 0.691. The first-order chi connectivity index (χ1) is 10.3. The van der Waals surface area contributed by atoms with Crippen molar-refractivity contribution >= 4 is 17.0 Å². The third-order valence-electron chi connectivity index (χ3n) is 3.74. The molecule has 0 atom stereocenters. The molecule has 0 bridgehead atoms. The van der Waals surface area contributed by atoms with Gasteiger partial charge in [-0.25, -0.2) is 0 Å². The highest BCUT2D eigenvalue weighted by molar-refractivity contribution is 7.09. The molecular formula is C17H19N3S. The van der Waals surface area contributed by atoms with Gasteiger partial charge in [0.25, 0.3) is 0 Å². The van der Waals surface area contributed by atoms with Crippen LogP contribution in [0.5, 0.6) is 0 Å². The van der Waals surface area contributed by atoms with Crippen molar-refractivity contribution in [2.45, 2.75) is 32.0 Å². The second-order valence-corrected chi connectivity index (χ2v) is 6.59. The molecule has 21 heavy (non-hydrogen) atoms. The second-order valence-electron chi connectivity index (χ2n) is 5.55. The summed E-state index contributed by atoms with van der Waals surface area (Å²) < 4.78 is 0. The predicted molar refractivity (Wildman–Crippen MR) is 87.4 cm³/mol. The van der Waals surface area contributed by atoms with E-state index in [4.69, 9.17) is 0 Å². The normalized spacial score (nSPS) is 13.9. The summed E-state index contributed by atoms with van der Waals surface area (Å²) in [5.74, 6) is 0. The summed E-state index contributed by atoms with van der Waals surface area (Å²) in [6.07, 6.45) is 2.57. The van der Waals surface area contributed by atoms with Gasteiger partial charge in [-0.15, -0.1) is 11.3 Å². The van der Waals surface area contributed by atoms with Gasteiger partial charge < -0.3 is 10.2 Å². The summed E-state index contributed by atoms with van der Waals surface area (Å²) in [6, 6.07) is 13.4. The summed E-state index contributed by atoms with van der Waals surface area (Å²) in [5.41, 5.74) is 2.94. The van der Waals surface area contributed by atoms with Gasteiger partial charge in [0.2, 0.25) is 0 Å². The molecule has 0 amide bonds. The third-order valence-corrected chi connectivity index (χ3v) is 4.60. The fourth-order valence-corrected chi connectivity index (χ4v) is 3.14. The van der Waals surface area contributed by atoms with Crippen molar-refractivity contribution in [1.82, 2.24) is 5.32 Å². The van der Waals surface area contributed by atoms with Crippen LogP contribution in [0, 0.1) is 11.3 Å². The number of nitriles is 1. The molecule has 3 nitrogen and oxygen atoms in total. The molecule has 1 N–H and O–H groups in total. The highest BCUT2D eigenvalue weighted by Crippen LogP contribution is 2.24. The van der Waals surface area contributed by atoms with Crippen LogP contribution in [-0.4, -0.2) is 13.1 Å². The van der Waals surface area contributed by atoms with Crippen molar-refractivity contribution in [2.24, 2.45) is 0 Å². The fraction of sp³-hybridized carbons (Fsp3) is 0.353. The molecule has 0 unspecified atom stereocenters. The van der Waals surface area contributed by atoms with E-state index in [-0.39, 0.29) is 0 Å². The van der Waals surface area contributed by atoms with Gasteiger partial charge in [0.1, 0.15) is 6.07 Å². The molecule has 108 valence electrons. The molecule has 0 spiro atoms. The monoisotopic (exact) mass is 297 g/mol. The number of nitrogens with one attached hydrogen (secondary N) is 1. The summed E-state index contributed by atoms with van der Waals surface area (Å²) in [4.78, 5) is 3.45. The number of thiophene rings is 1. The summed E-state index contributed by atoms with van der Waals surface area (Å²) in [7, 11) is 2.04. The van der Waals surface area contributed by atoms with E-state index in [0.29, 0.717) is 6.04 Å². The van der Waals surface area contributed by atoms with Crippen LogP contribution in [0.2, 0.25) is 0 Å². The van der Waals surface area contributed by atoms with Gasteiger partial charge in [-0.2, -0.15) is 5.26 Å². The largest absolute Gasteiger partial charge is 0.368 e. The van der Waals surface area contributed by atoms with Gasteiger partial charge in [0.05, 0.1) is 17.8 Å². The molecular weight excluding hydrogens is 278 g/mol.